The van der Waals surface area contributed by atoms with Crippen molar-refractivity contribution in [2.24, 2.45) is 0 Å². The molecule has 72 valence electrons. The zero-order chi connectivity index (χ0) is 9.14. The molecule has 0 unspecified atom stereocenters. The molecule has 0 radical (unpaired) electrons. The number of aromatic nitrogens is 3. The van der Waals surface area contributed by atoms with Crippen molar-refractivity contribution < 1.29 is 20.3 Å². The number of carboxylic acid groups (broad SMARTS) is 1. The number of carboxylic acids is 1. The van der Waals surface area contributed by atoms with E-state index < -0.39 is 23.3 Å². The smallest absolute Gasteiger partial charge is 0.453 e. The molecule has 0 aliphatic carbocycles. The number of nitro groups is 1. The summed E-state index contributed by atoms with van der Waals surface area (Å²) in [5, 5.41) is 23.6. The van der Waals surface area contributed by atoms with Crippen LogP contribution < -0.4 is 0 Å². The first-order valence-electron chi connectivity index (χ1n) is 2.87. The number of nitrogens with one attached hydrogen (secondary N) is 1. The van der Waals surface area contributed by atoms with Crippen molar-refractivity contribution >= 4 is 11.9 Å². The molecule has 1 heterocycles. The van der Waals surface area contributed by atoms with Gasteiger partial charge in [-0.05, 0) is 9.91 Å². The lowest BCUT2D eigenvalue weighted by Gasteiger charge is -1.83. The number of nitrogens with zero attached hydrogens (tertiary/aromatic N) is 3. The van der Waals surface area contributed by atoms with Crippen LogP contribution in [0.1, 0.15) is 5.82 Å². The Morgan fingerprint density at radius 2 is 2.31 bits per heavy atom. The van der Waals surface area contributed by atoms with Crippen LogP contribution in [0.5, 0.6) is 0 Å². The topological polar surface area (TPSA) is 154 Å². The first-order valence-corrected chi connectivity index (χ1v) is 2.87. The lowest BCUT2D eigenvalue weighted by molar-refractivity contribution is -0.394. The van der Waals surface area contributed by atoms with Gasteiger partial charge in [-0.3, -0.25) is 4.79 Å². The maximum atomic E-state index is 10.1. The van der Waals surface area contributed by atoms with Crippen LogP contribution in [0.15, 0.2) is 0 Å². The zero-order valence-electron chi connectivity index (χ0n) is 6.22. The summed E-state index contributed by atoms with van der Waals surface area (Å²) in [7, 11) is 0. The Kier molecular flexibility index (Phi) is 3.47. The van der Waals surface area contributed by atoms with Gasteiger partial charge in [0.2, 0.25) is 0 Å². The van der Waals surface area contributed by atoms with E-state index >= 15 is 0 Å². The summed E-state index contributed by atoms with van der Waals surface area (Å²) in [6.07, 6.45) is -0.426. The first-order chi connectivity index (χ1) is 5.59. The van der Waals surface area contributed by atoms with E-state index in [9.17, 15) is 14.9 Å². The van der Waals surface area contributed by atoms with E-state index in [2.05, 4.69) is 10.1 Å². The highest BCUT2D eigenvalue weighted by molar-refractivity contribution is 5.68. The van der Waals surface area contributed by atoms with E-state index in [-0.39, 0.29) is 11.3 Å². The summed E-state index contributed by atoms with van der Waals surface area (Å²) in [5.41, 5.74) is 0. The monoisotopic (exact) mass is 190 g/mol. The molecule has 0 saturated heterocycles. The molecule has 9 heteroatoms. The molecular formula is C4H6N4O5. The van der Waals surface area contributed by atoms with Crippen molar-refractivity contribution in [2.45, 2.75) is 6.42 Å². The highest BCUT2D eigenvalue weighted by atomic mass is 16.6. The van der Waals surface area contributed by atoms with Crippen molar-refractivity contribution in [3.05, 3.63) is 15.9 Å². The molecule has 4 N–H and O–H groups in total. The highest BCUT2D eigenvalue weighted by Gasteiger charge is 2.15. The van der Waals surface area contributed by atoms with Crippen molar-refractivity contribution in [3.8, 4) is 0 Å². The minimum absolute atomic E-state index is 0. The van der Waals surface area contributed by atoms with Gasteiger partial charge in [-0.25, -0.2) is 0 Å². The summed E-state index contributed by atoms with van der Waals surface area (Å²) in [5.74, 6) is -1.79. The molecule has 1 aromatic heterocycles. The van der Waals surface area contributed by atoms with Crippen LogP contribution in [-0.2, 0) is 11.2 Å². The fourth-order valence-electron chi connectivity index (χ4n) is 0.583. The Labute approximate surface area is 70.9 Å². The van der Waals surface area contributed by atoms with E-state index in [1.807, 2.05) is 5.10 Å². The average Bonchev–Trinajstić information content (AvgIpc) is 2.34. The highest BCUT2D eigenvalue weighted by Crippen LogP contribution is 2.01. The fourth-order valence-corrected chi connectivity index (χ4v) is 0.583. The number of aliphatic carboxylic acids is 1. The van der Waals surface area contributed by atoms with Crippen LogP contribution in [-0.4, -0.2) is 36.7 Å². The van der Waals surface area contributed by atoms with Crippen LogP contribution in [0.3, 0.4) is 0 Å². The van der Waals surface area contributed by atoms with Crippen molar-refractivity contribution in [1.82, 2.24) is 15.2 Å². The fraction of sp³-hybridized carbons (Fsp3) is 0.250. The predicted molar refractivity (Wildman–Crippen MR) is 38.0 cm³/mol. The molecule has 0 spiro atoms. The van der Waals surface area contributed by atoms with Gasteiger partial charge >= 0.3 is 11.9 Å². The number of aromatic amines is 1. The van der Waals surface area contributed by atoms with Crippen molar-refractivity contribution in [1.29, 1.82) is 0 Å². The van der Waals surface area contributed by atoms with Crippen LogP contribution in [0.4, 0.5) is 5.95 Å². The molecule has 0 aromatic carbocycles. The Hall–Kier alpha value is -2.03. The Balaban J connectivity index is 0.00000144. The molecule has 0 bridgehead atoms. The Morgan fingerprint density at radius 3 is 2.69 bits per heavy atom. The molecule has 13 heavy (non-hydrogen) atoms. The first kappa shape index (κ1) is 11.0. The second-order valence-corrected chi connectivity index (χ2v) is 1.90. The van der Waals surface area contributed by atoms with Gasteiger partial charge in [-0.2, -0.15) is 0 Å². The van der Waals surface area contributed by atoms with Crippen molar-refractivity contribution in [3.63, 3.8) is 0 Å². The lowest BCUT2D eigenvalue weighted by Crippen LogP contribution is -2.01. The zero-order valence-corrected chi connectivity index (χ0v) is 6.22. The molecule has 0 atom stereocenters. The average molecular weight is 190 g/mol. The molecule has 1 rings (SSSR count). The van der Waals surface area contributed by atoms with Gasteiger partial charge in [0.05, 0.1) is 0 Å². The lowest BCUT2D eigenvalue weighted by atomic mass is 10.4. The molecule has 0 aliphatic rings. The molecule has 0 saturated carbocycles. The second kappa shape index (κ2) is 4.11. The third kappa shape index (κ3) is 2.83. The molecular weight excluding hydrogens is 184 g/mol. The van der Waals surface area contributed by atoms with Gasteiger partial charge < -0.3 is 20.7 Å². The van der Waals surface area contributed by atoms with E-state index in [1.54, 1.807) is 0 Å². The third-order valence-electron chi connectivity index (χ3n) is 1.00. The van der Waals surface area contributed by atoms with Gasteiger partial charge in [0.1, 0.15) is 6.42 Å². The SMILES string of the molecule is O.O=C(O)Cc1n[nH]c([N+](=O)[O-])n1. The maximum Gasteiger partial charge on any atom is 0.453 e. The second-order valence-electron chi connectivity index (χ2n) is 1.90. The van der Waals surface area contributed by atoms with Gasteiger partial charge in [0.25, 0.3) is 5.82 Å². The van der Waals surface area contributed by atoms with Crippen LogP contribution in [0, 0.1) is 10.1 Å². The maximum absolute atomic E-state index is 10.1. The molecule has 1 aromatic rings. The Bertz CT molecular complexity index is 320. The number of H-pyrrole nitrogens is 1. The predicted octanol–water partition coefficient (Wildman–Crippen LogP) is -1.48. The quantitative estimate of drug-likeness (QED) is 0.437. The summed E-state index contributed by atoms with van der Waals surface area (Å²) in [6, 6.07) is 0. The normalized spacial score (nSPS) is 8.92. The third-order valence-corrected chi connectivity index (χ3v) is 1.00. The van der Waals surface area contributed by atoms with Crippen molar-refractivity contribution in [2.75, 3.05) is 0 Å². The summed E-state index contributed by atoms with van der Waals surface area (Å²) < 4.78 is 0. The van der Waals surface area contributed by atoms with Crippen LogP contribution >= 0.6 is 0 Å². The summed E-state index contributed by atoms with van der Waals surface area (Å²) in [4.78, 5) is 22.6. The van der Waals surface area contributed by atoms with Gasteiger partial charge in [0.15, 0.2) is 0 Å². The van der Waals surface area contributed by atoms with E-state index in [1.165, 1.54) is 0 Å². The van der Waals surface area contributed by atoms with Crippen LogP contribution in [0.2, 0.25) is 0 Å². The standard InChI is InChI=1S/C4H4N4O4.H2O/c9-3(10)1-2-5-4(7-6-2)8(11)12;/h1H2,(H,9,10)(H,5,6,7);1H2. The number of carbonyl (C=O) groups is 1. The van der Waals surface area contributed by atoms with Gasteiger partial charge in [-0.15, -0.1) is 5.10 Å². The van der Waals surface area contributed by atoms with E-state index in [0.29, 0.717) is 0 Å². The molecule has 0 aliphatic heterocycles. The van der Waals surface area contributed by atoms with Gasteiger partial charge in [-0.1, -0.05) is 5.10 Å². The summed E-state index contributed by atoms with van der Waals surface area (Å²) in [6.45, 7) is 0. The Morgan fingerprint density at radius 1 is 1.69 bits per heavy atom. The summed E-state index contributed by atoms with van der Waals surface area (Å²) >= 11 is 0. The number of hydrogen-bond donors (Lipinski definition) is 2. The largest absolute Gasteiger partial charge is 0.481 e. The molecule has 9 nitrogen and oxygen atoms in total. The van der Waals surface area contributed by atoms with E-state index in [0.717, 1.165) is 0 Å². The van der Waals surface area contributed by atoms with Crippen LogP contribution in [0.25, 0.3) is 0 Å². The number of rotatable bonds is 3. The van der Waals surface area contributed by atoms with Gasteiger partial charge in [0, 0.05) is 0 Å². The molecule has 0 fully saturated rings. The van der Waals surface area contributed by atoms with E-state index in [4.69, 9.17) is 5.11 Å². The molecule has 0 amide bonds. The minimum atomic E-state index is -1.14. The number of hydrogen-bond acceptors (Lipinski definition) is 5. The minimum Gasteiger partial charge on any atom is -0.481 e.